The van der Waals surface area contributed by atoms with Crippen LogP contribution in [-0.2, 0) is 9.53 Å². The molecule has 17 heavy (non-hydrogen) atoms. The van der Waals surface area contributed by atoms with Crippen molar-refractivity contribution in [1.29, 1.82) is 0 Å². The number of methoxy groups -OCH3 is 1. The zero-order chi connectivity index (χ0) is 13.1. The average Bonchev–Trinajstić information content (AvgIpc) is 2.29. The highest BCUT2D eigenvalue weighted by atomic mass is 32.2. The number of aliphatic hydroxyl groups is 1. The smallest absolute Gasteiger partial charge is 0.321 e. The first-order valence-electron chi connectivity index (χ1n) is 5.35. The molecule has 0 radical (unpaired) electrons. The summed E-state index contributed by atoms with van der Waals surface area (Å²) in [5.74, 6) is 0.718. The summed E-state index contributed by atoms with van der Waals surface area (Å²) in [6.45, 7) is 2.77. The fourth-order valence-electron chi connectivity index (χ4n) is 0.879. The summed E-state index contributed by atoms with van der Waals surface area (Å²) in [5, 5.41) is 13.5. The van der Waals surface area contributed by atoms with Crippen molar-refractivity contribution in [2.45, 2.75) is 6.92 Å². The molecule has 0 bridgehead atoms. The maximum atomic E-state index is 11.3. The fraction of sp³-hybridized carbons (Fsp3) is 0.800. The van der Waals surface area contributed by atoms with Crippen LogP contribution in [0, 0.1) is 5.92 Å². The van der Waals surface area contributed by atoms with E-state index >= 15 is 0 Å². The highest BCUT2D eigenvalue weighted by Gasteiger charge is 2.08. The van der Waals surface area contributed by atoms with E-state index in [0.717, 1.165) is 0 Å². The van der Waals surface area contributed by atoms with Gasteiger partial charge < -0.3 is 15.2 Å². The van der Waals surface area contributed by atoms with Crippen molar-refractivity contribution in [3.8, 4) is 0 Å². The van der Waals surface area contributed by atoms with Crippen LogP contribution >= 0.6 is 11.8 Å². The average molecular weight is 264 g/mol. The van der Waals surface area contributed by atoms with Crippen LogP contribution < -0.4 is 10.6 Å². The van der Waals surface area contributed by atoms with Gasteiger partial charge in [0.15, 0.2) is 0 Å². The molecule has 100 valence electrons. The summed E-state index contributed by atoms with van der Waals surface area (Å²) in [6, 6.07) is -0.511. The Morgan fingerprint density at radius 2 is 2.18 bits per heavy atom. The minimum absolute atomic E-state index is 0.103. The number of hydrogen-bond acceptors (Lipinski definition) is 5. The molecule has 0 aromatic rings. The highest BCUT2D eigenvalue weighted by Crippen LogP contribution is 2.06. The van der Waals surface area contributed by atoms with Gasteiger partial charge in [-0.15, -0.1) is 0 Å². The summed E-state index contributed by atoms with van der Waals surface area (Å²) in [5.41, 5.74) is 0. The molecule has 3 N–H and O–H groups in total. The van der Waals surface area contributed by atoms with E-state index < -0.39 is 6.03 Å². The van der Waals surface area contributed by atoms with Gasteiger partial charge in [0.05, 0.1) is 12.4 Å². The summed E-state index contributed by atoms with van der Waals surface area (Å²) >= 11 is 1.39. The van der Waals surface area contributed by atoms with Crippen LogP contribution in [0.1, 0.15) is 6.92 Å². The van der Waals surface area contributed by atoms with Gasteiger partial charge in [-0.1, -0.05) is 6.92 Å². The molecule has 6 nitrogen and oxygen atoms in total. The molecule has 1 atom stereocenters. The van der Waals surface area contributed by atoms with Crippen molar-refractivity contribution >= 4 is 23.7 Å². The van der Waals surface area contributed by atoms with Gasteiger partial charge in [0.2, 0.25) is 5.91 Å². The van der Waals surface area contributed by atoms with E-state index in [4.69, 9.17) is 9.84 Å². The van der Waals surface area contributed by atoms with E-state index in [1.165, 1.54) is 18.9 Å². The number of rotatable bonds is 8. The molecular formula is C10H20N2O4S. The number of ether oxygens (including phenoxy) is 1. The molecule has 7 heteroatoms. The minimum Gasteiger partial charge on any atom is -0.396 e. The topological polar surface area (TPSA) is 87.7 Å². The predicted octanol–water partition coefficient (Wildman–Crippen LogP) is -0.180. The van der Waals surface area contributed by atoms with Crippen LogP contribution in [0.5, 0.6) is 0 Å². The van der Waals surface area contributed by atoms with Gasteiger partial charge in [0.1, 0.15) is 0 Å². The van der Waals surface area contributed by atoms with Gasteiger partial charge in [-0.25, -0.2) is 4.79 Å². The van der Waals surface area contributed by atoms with Gasteiger partial charge in [-0.05, 0) is 11.7 Å². The van der Waals surface area contributed by atoms with Crippen molar-refractivity contribution in [1.82, 2.24) is 10.6 Å². The van der Waals surface area contributed by atoms with Crippen LogP contribution in [-0.4, -0.2) is 55.4 Å². The quantitative estimate of drug-likeness (QED) is 0.529. The Labute approximate surface area is 105 Å². The molecule has 0 aliphatic heterocycles. The molecule has 0 fully saturated rings. The molecule has 3 amide bonds. The number of carbonyl (C=O) groups excluding carboxylic acids is 2. The molecule has 0 heterocycles. The zero-order valence-corrected chi connectivity index (χ0v) is 11.0. The Morgan fingerprint density at radius 1 is 1.47 bits per heavy atom. The molecule has 0 spiro atoms. The summed E-state index contributed by atoms with van der Waals surface area (Å²) in [7, 11) is 1.53. The Balaban J connectivity index is 3.54. The number of aliphatic hydroxyl groups excluding tert-OH is 1. The third-order valence-corrected chi connectivity index (χ3v) is 3.06. The monoisotopic (exact) mass is 264 g/mol. The maximum Gasteiger partial charge on any atom is 0.321 e. The second kappa shape index (κ2) is 10.4. The lowest BCUT2D eigenvalue weighted by Crippen LogP contribution is -2.41. The molecule has 0 aromatic carbocycles. The molecule has 0 aliphatic carbocycles. The standard InChI is InChI=1S/C10H20N2O4S/c1-8(5-13)6-17-7-9(14)12-10(15)11-3-4-16-2/h8,13H,3-7H2,1-2H3,(H2,11,12,14,15). The first-order valence-corrected chi connectivity index (χ1v) is 6.50. The van der Waals surface area contributed by atoms with Crippen molar-refractivity contribution in [3.63, 3.8) is 0 Å². The lowest BCUT2D eigenvalue weighted by atomic mass is 10.2. The second-order valence-electron chi connectivity index (χ2n) is 3.60. The summed E-state index contributed by atoms with van der Waals surface area (Å²) in [6.07, 6.45) is 0. The number of urea groups is 1. The van der Waals surface area contributed by atoms with E-state index in [1.807, 2.05) is 6.92 Å². The third-order valence-electron chi connectivity index (χ3n) is 1.79. The second-order valence-corrected chi connectivity index (χ2v) is 4.63. The Morgan fingerprint density at radius 3 is 2.76 bits per heavy atom. The number of hydrogen-bond donors (Lipinski definition) is 3. The van der Waals surface area contributed by atoms with Crippen molar-refractivity contribution in [3.05, 3.63) is 0 Å². The Kier molecular flexibility index (Phi) is 9.89. The van der Waals surface area contributed by atoms with E-state index in [0.29, 0.717) is 18.9 Å². The summed E-state index contributed by atoms with van der Waals surface area (Å²) in [4.78, 5) is 22.4. The SMILES string of the molecule is COCCNC(=O)NC(=O)CSCC(C)CO. The maximum absolute atomic E-state index is 11.3. The molecule has 0 aromatic heterocycles. The fourth-order valence-corrected chi connectivity index (χ4v) is 1.76. The number of imide groups is 1. The number of nitrogens with one attached hydrogen (secondary N) is 2. The minimum atomic E-state index is -0.511. The predicted molar refractivity (Wildman–Crippen MR) is 67.0 cm³/mol. The van der Waals surface area contributed by atoms with Gasteiger partial charge in [0.25, 0.3) is 0 Å². The molecule has 0 aliphatic rings. The normalized spacial score (nSPS) is 11.9. The van der Waals surface area contributed by atoms with E-state index in [1.54, 1.807) is 0 Å². The number of carbonyl (C=O) groups is 2. The number of thioether (sulfide) groups is 1. The van der Waals surface area contributed by atoms with E-state index in [-0.39, 0.29) is 24.2 Å². The molecule has 1 unspecified atom stereocenters. The van der Waals surface area contributed by atoms with Crippen LogP contribution in [0.4, 0.5) is 4.79 Å². The van der Waals surface area contributed by atoms with Crippen LogP contribution in [0.2, 0.25) is 0 Å². The molecular weight excluding hydrogens is 244 g/mol. The van der Waals surface area contributed by atoms with Crippen LogP contribution in [0.15, 0.2) is 0 Å². The van der Waals surface area contributed by atoms with Crippen molar-refractivity contribution < 1.29 is 19.4 Å². The molecule has 0 rings (SSSR count). The van der Waals surface area contributed by atoms with Crippen LogP contribution in [0.25, 0.3) is 0 Å². The Bertz CT molecular complexity index is 238. The van der Waals surface area contributed by atoms with Crippen molar-refractivity contribution in [2.75, 3.05) is 38.4 Å². The lowest BCUT2D eigenvalue weighted by Gasteiger charge is -2.08. The van der Waals surface area contributed by atoms with Crippen LogP contribution in [0.3, 0.4) is 0 Å². The first kappa shape index (κ1) is 16.2. The van der Waals surface area contributed by atoms with E-state index in [2.05, 4.69) is 10.6 Å². The molecule has 0 saturated heterocycles. The zero-order valence-electron chi connectivity index (χ0n) is 10.2. The van der Waals surface area contributed by atoms with E-state index in [9.17, 15) is 9.59 Å². The Hall–Kier alpha value is -0.790. The highest BCUT2D eigenvalue weighted by molar-refractivity contribution is 7.99. The van der Waals surface area contributed by atoms with Gasteiger partial charge in [-0.2, -0.15) is 11.8 Å². The van der Waals surface area contributed by atoms with Gasteiger partial charge in [-0.3, -0.25) is 10.1 Å². The van der Waals surface area contributed by atoms with Gasteiger partial charge >= 0.3 is 6.03 Å². The van der Waals surface area contributed by atoms with Crippen molar-refractivity contribution in [2.24, 2.45) is 5.92 Å². The molecule has 0 saturated carbocycles. The first-order chi connectivity index (χ1) is 8.10. The summed E-state index contributed by atoms with van der Waals surface area (Å²) < 4.78 is 4.75. The third kappa shape index (κ3) is 10.1. The van der Waals surface area contributed by atoms with Gasteiger partial charge in [0, 0.05) is 20.3 Å². The lowest BCUT2D eigenvalue weighted by molar-refractivity contribution is -0.117. The largest absolute Gasteiger partial charge is 0.396 e. The number of amides is 3.